The van der Waals surface area contributed by atoms with E-state index in [9.17, 15) is 0 Å². The predicted molar refractivity (Wildman–Crippen MR) is 54.7 cm³/mol. The van der Waals surface area contributed by atoms with Gasteiger partial charge in [0, 0.05) is 19.6 Å². The first-order valence-corrected chi connectivity index (χ1v) is 4.91. The summed E-state index contributed by atoms with van der Waals surface area (Å²) >= 11 is 0. The molecule has 0 aliphatic heterocycles. The van der Waals surface area contributed by atoms with E-state index in [1.165, 1.54) is 0 Å². The average molecular weight is 200 g/mol. The van der Waals surface area contributed by atoms with E-state index in [-0.39, 0.29) is 6.10 Å². The third-order valence-corrected chi connectivity index (χ3v) is 1.84. The normalized spacial score (nSPS) is 17.1. The predicted octanol–water partition coefficient (Wildman–Crippen LogP) is 1.06. The van der Waals surface area contributed by atoms with Crippen LogP contribution in [0.1, 0.15) is 27.2 Å². The Morgan fingerprint density at radius 3 is 2.71 bits per heavy atom. The molecule has 0 rings (SSSR count). The van der Waals surface area contributed by atoms with Crippen molar-refractivity contribution in [2.75, 3.05) is 19.8 Å². The first-order valence-electron chi connectivity index (χ1n) is 4.91. The molecule has 2 N–H and O–H groups in total. The molecule has 0 radical (unpaired) electrons. The summed E-state index contributed by atoms with van der Waals surface area (Å²) in [6.45, 7) is 7.36. The highest BCUT2D eigenvalue weighted by atomic mass is 16.5. The molecule has 0 aliphatic rings. The molecule has 0 aliphatic carbocycles. The van der Waals surface area contributed by atoms with Crippen LogP contribution in [0.2, 0.25) is 0 Å². The summed E-state index contributed by atoms with van der Waals surface area (Å²) in [6.07, 6.45) is 0.601. The molecular weight excluding hydrogens is 180 g/mol. The number of hydrogen-bond donors (Lipinski definition) is 1. The molecule has 0 heterocycles. The van der Waals surface area contributed by atoms with Gasteiger partial charge in [0.1, 0.15) is 5.54 Å². The Morgan fingerprint density at radius 1 is 1.57 bits per heavy atom. The molecule has 0 saturated heterocycles. The Labute approximate surface area is 86.0 Å². The van der Waals surface area contributed by atoms with Gasteiger partial charge in [-0.3, -0.25) is 0 Å². The molecule has 0 spiro atoms. The molecule has 2 unspecified atom stereocenters. The second-order valence-corrected chi connectivity index (χ2v) is 3.62. The molecule has 0 amide bonds. The van der Waals surface area contributed by atoms with Gasteiger partial charge in [0.05, 0.1) is 18.8 Å². The van der Waals surface area contributed by atoms with Crippen LogP contribution in [0.15, 0.2) is 0 Å². The molecule has 0 fully saturated rings. The Kier molecular flexibility index (Phi) is 6.46. The van der Waals surface area contributed by atoms with Crippen LogP contribution < -0.4 is 5.73 Å². The lowest BCUT2D eigenvalue weighted by atomic mass is 10.0. The van der Waals surface area contributed by atoms with Crippen molar-refractivity contribution >= 4 is 0 Å². The number of ether oxygens (including phenoxy) is 2. The van der Waals surface area contributed by atoms with Crippen LogP contribution in [0.5, 0.6) is 0 Å². The van der Waals surface area contributed by atoms with Crippen LogP contribution in [0.3, 0.4) is 0 Å². The molecule has 2 atom stereocenters. The maximum Gasteiger partial charge on any atom is 0.103 e. The maximum atomic E-state index is 8.65. The van der Waals surface area contributed by atoms with Crippen molar-refractivity contribution in [3.8, 4) is 6.07 Å². The Bertz CT molecular complexity index is 187. The van der Waals surface area contributed by atoms with Gasteiger partial charge in [0.25, 0.3) is 0 Å². The molecule has 4 nitrogen and oxygen atoms in total. The van der Waals surface area contributed by atoms with Gasteiger partial charge >= 0.3 is 0 Å². The first-order chi connectivity index (χ1) is 6.52. The van der Waals surface area contributed by atoms with Crippen molar-refractivity contribution in [3.05, 3.63) is 0 Å². The Balaban J connectivity index is 3.50. The number of nitrogens with zero attached hydrogens (tertiary/aromatic N) is 1. The zero-order valence-corrected chi connectivity index (χ0v) is 9.25. The van der Waals surface area contributed by atoms with Crippen LogP contribution >= 0.6 is 0 Å². The van der Waals surface area contributed by atoms with Crippen LogP contribution in [-0.4, -0.2) is 31.5 Å². The van der Waals surface area contributed by atoms with Gasteiger partial charge in [-0.1, -0.05) is 0 Å². The second kappa shape index (κ2) is 6.77. The van der Waals surface area contributed by atoms with Gasteiger partial charge in [0.15, 0.2) is 0 Å². The zero-order valence-electron chi connectivity index (χ0n) is 9.25. The fourth-order valence-electron chi connectivity index (χ4n) is 0.860. The minimum absolute atomic E-state index is 0.0597. The Hall–Kier alpha value is -0.630. The summed E-state index contributed by atoms with van der Waals surface area (Å²) in [6, 6.07) is 2.02. The minimum Gasteiger partial charge on any atom is -0.379 e. The number of nitrogens with two attached hydrogens (primary N) is 1. The molecule has 0 aromatic carbocycles. The van der Waals surface area contributed by atoms with Crippen LogP contribution in [0.4, 0.5) is 0 Å². The third kappa shape index (κ3) is 6.84. The highest BCUT2D eigenvalue weighted by Gasteiger charge is 2.17. The van der Waals surface area contributed by atoms with Crippen molar-refractivity contribution in [1.29, 1.82) is 5.26 Å². The molecular formula is C10H20N2O2. The standard InChI is InChI=1S/C10H20N2O2/c1-4-13-7-9(2)14-6-5-10(3,12)8-11/h9H,4-7,12H2,1-3H3. The topological polar surface area (TPSA) is 68.3 Å². The summed E-state index contributed by atoms with van der Waals surface area (Å²) in [5.41, 5.74) is 4.84. The van der Waals surface area contributed by atoms with E-state index in [1.54, 1.807) is 6.92 Å². The van der Waals surface area contributed by atoms with Gasteiger partial charge in [-0.25, -0.2) is 0 Å². The third-order valence-electron chi connectivity index (χ3n) is 1.84. The molecule has 0 aromatic rings. The summed E-state index contributed by atoms with van der Waals surface area (Å²) in [7, 11) is 0. The lowest BCUT2D eigenvalue weighted by molar-refractivity contribution is -0.00678. The zero-order chi connectivity index (χ0) is 11.0. The van der Waals surface area contributed by atoms with Gasteiger partial charge in [-0.15, -0.1) is 0 Å². The maximum absolute atomic E-state index is 8.65. The number of rotatable bonds is 7. The summed E-state index contributed by atoms with van der Waals surface area (Å²) < 4.78 is 10.6. The van der Waals surface area contributed by atoms with Crippen molar-refractivity contribution in [3.63, 3.8) is 0 Å². The monoisotopic (exact) mass is 200 g/mol. The SMILES string of the molecule is CCOCC(C)OCCC(C)(N)C#N. The van der Waals surface area contributed by atoms with E-state index >= 15 is 0 Å². The number of hydrogen-bond acceptors (Lipinski definition) is 4. The number of nitriles is 1. The van der Waals surface area contributed by atoms with Crippen LogP contribution in [-0.2, 0) is 9.47 Å². The molecule has 4 heteroatoms. The minimum atomic E-state index is -0.786. The molecule has 0 bridgehead atoms. The summed E-state index contributed by atoms with van der Waals surface area (Å²) in [5.74, 6) is 0. The fourth-order valence-corrected chi connectivity index (χ4v) is 0.860. The van der Waals surface area contributed by atoms with E-state index in [2.05, 4.69) is 0 Å². The highest BCUT2D eigenvalue weighted by molar-refractivity contribution is 5.00. The van der Waals surface area contributed by atoms with Crippen molar-refractivity contribution < 1.29 is 9.47 Å². The first kappa shape index (κ1) is 13.4. The fraction of sp³-hybridized carbons (Fsp3) is 0.900. The smallest absolute Gasteiger partial charge is 0.103 e. The van der Waals surface area contributed by atoms with Gasteiger partial charge in [-0.05, 0) is 20.8 Å². The lowest BCUT2D eigenvalue weighted by Gasteiger charge is -2.17. The van der Waals surface area contributed by atoms with Crippen molar-refractivity contribution in [2.24, 2.45) is 5.73 Å². The van der Waals surface area contributed by atoms with E-state index in [1.807, 2.05) is 19.9 Å². The lowest BCUT2D eigenvalue weighted by Crippen LogP contribution is -2.36. The Morgan fingerprint density at radius 2 is 2.21 bits per heavy atom. The second-order valence-electron chi connectivity index (χ2n) is 3.62. The van der Waals surface area contributed by atoms with Gasteiger partial charge < -0.3 is 15.2 Å². The average Bonchev–Trinajstić information content (AvgIpc) is 2.14. The molecule has 0 aromatic heterocycles. The molecule has 14 heavy (non-hydrogen) atoms. The molecule has 82 valence electrons. The quantitative estimate of drug-likeness (QED) is 0.667. The van der Waals surface area contributed by atoms with E-state index < -0.39 is 5.54 Å². The highest BCUT2D eigenvalue weighted by Crippen LogP contribution is 2.04. The summed E-state index contributed by atoms with van der Waals surface area (Å²) in [4.78, 5) is 0. The van der Waals surface area contributed by atoms with E-state index in [4.69, 9.17) is 20.5 Å². The van der Waals surface area contributed by atoms with Crippen molar-refractivity contribution in [1.82, 2.24) is 0 Å². The van der Waals surface area contributed by atoms with E-state index in [0.717, 1.165) is 0 Å². The van der Waals surface area contributed by atoms with Crippen LogP contribution in [0.25, 0.3) is 0 Å². The van der Waals surface area contributed by atoms with Crippen LogP contribution in [0, 0.1) is 11.3 Å². The largest absolute Gasteiger partial charge is 0.379 e. The molecule has 0 saturated carbocycles. The van der Waals surface area contributed by atoms with Gasteiger partial charge in [0.2, 0.25) is 0 Å². The summed E-state index contributed by atoms with van der Waals surface area (Å²) in [5, 5.41) is 8.65. The van der Waals surface area contributed by atoms with Gasteiger partial charge in [-0.2, -0.15) is 5.26 Å². The van der Waals surface area contributed by atoms with Crippen molar-refractivity contribution in [2.45, 2.75) is 38.8 Å². The van der Waals surface area contributed by atoms with E-state index in [0.29, 0.717) is 26.2 Å².